The van der Waals surface area contributed by atoms with E-state index in [1.807, 2.05) is 23.6 Å². The number of hydrogen-bond acceptors (Lipinski definition) is 7. The summed E-state index contributed by atoms with van der Waals surface area (Å²) in [6.45, 7) is 0.230. The maximum Gasteiger partial charge on any atom is 0.307 e. The van der Waals surface area contributed by atoms with Crippen LogP contribution < -0.4 is 5.56 Å². The van der Waals surface area contributed by atoms with Crippen LogP contribution in [-0.2, 0) is 22.7 Å². The van der Waals surface area contributed by atoms with Crippen molar-refractivity contribution >= 4 is 28.2 Å². The third kappa shape index (κ3) is 3.80. The summed E-state index contributed by atoms with van der Waals surface area (Å²) in [6.07, 6.45) is 1.51. The molecule has 136 valence electrons. The van der Waals surface area contributed by atoms with Crippen molar-refractivity contribution in [2.45, 2.75) is 19.6 Å². The maximum atomic E-state index is 12.4. The SMILES string of the molecule is O=C(CCn1cnc2ccccc2c1=O)OCc1cc(-c2cccs2)on1. The predicted molar refractivity (Wildman–Crippen MR) is 100 cm³/mol. The number of aromatic nitrogens is 3. The van der Waals surface area contributed by atoms with Gasteiger partial charge < -0.3 is 9.26 Å². The summed E-state index contributed by atoms with van der Waals surface area (Å²) < 4.78 is 11.9. The minimum Gasteiger partial charge on any atom is -0.459 e. The van der Waals surface area contributed by atoms with Crippen LogP contribution in [0.25, 0.3) is 21.5 Å². The first-order valence-corrected chi connectivity index (χ1v) is 9.18. The second-order valence-electron chi connectivity index (χ2n) is 5.83. The summed E-state index contributed by atoms with van der Waals surface area (Å²) in [5.41, 5.74) is 0.996. The van der Waals surface area contributed by atoms with Gasteiger partial charge in [0.25, 0.3) is 5.56 Å². The van der Waals surface area contributed by atoms with E-state index in [0.29, 0.717) is 22.4 Å². The number of hydrogen-bond donors (Lipinski definition) is 0. The smallest absolute Gasteiger partial charge is 0.307 e. The predicted octanol–water partition coefficient (Wildman–Crippen LogP) is 3.25. The number of esters is 1. The van der Waals surface area contributed by atoms with Crippen molar-refractivity contribution in [2.75, 3.05) is 0 Å². The van der Waals surface area contributed by atoms with Gasteiger partial charge in [-0.2, -0.15) is 0 Å². The molecule has 0 radical (unpaired) electrons. The van der Waals surface area contributed by atoms with E-state index in [2.05, 4.69) is 10.1 Å². The molecule has 4 aromatic rings. The Labute approximate surface area is 157 Å². The van der Waals surface area contributed by atoms with Crippen LogP contribution >= 0.6 is 11.3 Å². The molecule has 1 aromatic carbocycles. The number of rotatable bonds is 6. The van der Waals surface area contributed by atoms with E-state index < -0.39 is 5.97 Å². The molecular formula is C19H15N3O4S. The fourth-order valence-electron chi connectivity index (χ4n) is 2.62. The molecule has 27 heavy (non-hydrogen) atoms. The first-order valence-electron chi connectivity index (χ1n) is 8.30. The van der Waals surface area contributed by atoms with Crippen LogP contribution in [0, 0.1) is 0 Å². The lowest BCUT2D eigenvalue weighted by Gasteiger charge is -2.06. The average Bonchev–Trinajstić information content (AvgIpc) is 3.37. The molecule has 0 aliphatic carbocycles. The third-order valence-electron chi connectivity index (χ3n) is 3.99. The van der Waals surface area contributed by atoms with Crippen LogP contribution in [0.2, 0.25) is 0 Å². The molecular weight excluding hydrogens is 366 g/mol. The van der Waals surface area contributed by atoms with Crippen molar-refractivity contribution < 1.29 is 14.1 Å². The zero-order valence-electron chi connectivity index (χ0n) is 14.2. The van der Waals surface area contributed by atoms with Gasteiger partial charge in [-0.1, -0.05) is 23.4 Å². The molecule has 0 bridgehead atoms. The fourth-order valence-corrected chi connectivity index (χ4v) is 3.29. The van der Waals surface area contributed by atoms with Gasteiger partial charge in [-0.25, -0.2) is 4.98 Å². The van der Waals surface area contributed by atoms with Crippen molar-refractivity contribution in [2.24, 2.45) is 0 Å². The minimum absolute atomic E-state index is 0.0264. The Morgan fingerprint density at radius 3 is 2.96 bits per heavy atom. The topological polar surface area (TPSA) is 87.2 Å². The van der Waals surface area contributed by atoms with Crippen molar-refractivity contribution in [1.82, 2.24) is 14.7 Å². The molecule has 0 N–H and O–H groups in total. The molecule has 7 nitrogen and oxygen atoms in total. The normalized spacial score (nSPS) is 11.0. The minimum atomic E-state index is -0.421. The summed E-state index contributed by atoms with van der Waals surface area (Å²) in [5.74, 6) is 0.223. The Kier molecular flexibility index (Phi) is 4.80. The molecule has 0 fully saturated rings. The maximum absolute atomic E-state index is 12.4. The lowest BCUT2D eigenvalue weighted by atomic mass is 10.2. The monoisotopic (exact) mass is 381 g/mol. The second-order valence-corrected chi connectivity index (χ2v) is 6.78. The molecule has 0 atom stereocenters. The third-order valence-corrected chi connectivity index (χ3v) is 4.88. The molecule has 8 heteroatoms. The van der Waals surface area contributed by atoms with E-state index in [9.17, 15) is 9.59 Å². The molecule has 0 unspecified atom stereocenters. The highest BCUT2D eigenvalue weighted by atomic mass is 32.1. The number of ether oxygens (including phenoxy) is 1. The van der Waals surface area contributed by atoms with E-state index in [4.69, 9.17) is 9.26 Å². The number of carbonyl (C=O) groups excluding carboxylic acids is 1. The average molecular weight is 381 g/mol. The second kappa shape index (κ2) is 7.55. The highest BCUT2D eigenvalue weighted by Crippen LogP contribution is 2.25. The van der Waals surface area contributed by atoms with Crippen LogP contribution in [0.5, 0.6) is 0 Å². The van der Waals surface area contributed by atoms with Gasteiger partial charge in [0, 0.05) is 12.6 Å². The summed E-state index contributed by atoms with van der Waals surface area (Å²) in [7, 11) is 0. The zero-order valence-corrected chi connectivity index (χ0v) is 15.0. The summed E-state index contributed by atoms with van der Waals surface area (Å²) in [5, 5.41) is 6.37. The van der Waals surface area contributed by atoms with Crippen LogP contribution in [0.15, 0.2) is 63.5 Å². The molecule has 0 aliphatic rings. The number of para-hydroxylation sites is 1. The molecule has 0 aliphatic heterocycles. The Balaban J connectivity index is 1.34. The van der Waals surface area contributed by atoms with Gasteiger partial charge in [-0.3, -0.25) is 14.2 Å². The van der Waals surface area contributed by atoms with Gasteiger partial charge in [-0.05, 0) is 23.6 Å². The van der Waals surface area contributed by atoms with E-state index in [1.54, 1.807) is 35.6 Å². The van der Waals surface area contributed by atoms with Gasteiger partial charge in [0.05, 0.1) is 28.5 Å². The summed E-state index contributed by atoms with van der Waals surface area (Å²) in [6, 6.07) is 12.7. The van der Waals surface area contributed by atoms with Crippen LogP contribution in [-0.4, -0.2) is 20.7 Å². The Hall–Kier alpha value is -3.26. The molecule has 4 rings (SSSR count). The Morgan fingerprint density at radius 1 is 1.22 bits per heavy atom. The quantitative estimate of drug-likeness (QED) is 0.477. The molecule has 0 saturated heterocycles. The largest absolute Gasteiger partial charge is 0.459 e. The molecule has 0 saturated carbocycles. The number of nitrogens with zero attached hydrogens (tertiary/aromatic N) is 3. The number of carbonyl (C=O) groups is 1. The molecule has 0 amide bonds. The highest BCUT2D eigenvalue weighted by Gasteiger charge is 2.11. The van der Waals surface area contributed by atoms with E-state index >= 15 is 0 Å². The van der Waals surface area contributed by atoms with Crippen molar-refractivity contribution in [3.05, 3.63) is 70.2 Å². The van der Waals surface area contributed by atoms with Crippen molar-refractivity contribution in [3.63, 3.8) is 0 Å². The lowest BCUT2D eigenvalue weighted by Crippen LogP contribution is -2.22. The van der Waals surface area contributed by atoms with E-state index in [0.717, 1.165) is 4.88 Å². The standard InChI is InChI=1S/C19H15N3O4S/c23-18(25-11-13-10-16(26-21-13)17-6-3-9-27-17)7-8-22-12-20-15-5-2-1-4-14(15)19(22)24/h1-6,9-10,12H,7-8,11H2. The Bertz CT molecular complexity index is 1130. The Morgan fingerprint density at radius 2 is 2.11 bits per heavy atom. The van der Waals surface area contributed by atoms with Crippen LogP contribution in [0.4, 0.5) is 0 Å². The molecule has 3 aromatic heterocycles. The van der Waals surface area contributed by atoms with Gasteiger partial charge in [0.1, 0.15) is 12.3 Å². The summed E-state index contributed by atoms with van der Waals surface area (Å²) in [4.78, 5) is 29.6. The van der Waals surface area contributed by atoms with Gasteiger partial charge in [0.15, 0.2) is 5.76 Å². The van der Waals surface area contributed by atoms with Gasteiger partial charge >= 0.3 is 5.97 Å². The first kappa shape index (κ1) is 17.2. The van der Waals surface area contributed by atoms with Crippen LogP contribution in [0.3, 0.4) is 0 Å². The first-order chi connectivity index (χ1) is 13.2. The van der Waals surface area contributed by atoms with Crippen LogP contribution in [0.1, 0.15) is 12.1 Å². The molecule has 3 heterocycles. The summed E-state index contributed by atoms with van der Waals surface area (Å²) >= 11 is 1.54. The van der Waals surface area contributed by atoms with Crippen molar-refractivity contribution in [3.8, 4) is 10.6 Å². The number of benzene rings is 1. The number of fused-ring (bicyclic) bond motifs is 1. The number of aryl methyl sites for hydroxylation is 1. The van der Waals surface area contributed by atoms with Gasteiger partial charge in [0.2, 0.25) is 0 Å². The molecule has 0 spiro atoms. The number of thiophene rings is 1. The lowest BCUT2D eigenvalue weighted by molar-refractivity contribution is -0.145. The van der Waals surface area contributed by atoms with E-state index in [-0.39, 0.29) is 25.1 Å². The van der Waals surface area contributed by atoms with E-state index in [1.165, 1.54) is 10.9 Å². The highest BCUT2D eigenvalue weighted by molar-refractivity contribution is 7.13. The van der Waals surface area contributed by atoms with Gasteiger partial charge in [-0.15, -0.1) is 11.3 Å². The fraction of sp³-hybridized carbons (Fsp3) is 0.158. The van der Waals surface area contributed by atoms with Crippen molar-refractivity contribution in [1.29, 1.82) is 0 Å². The zero-order chi connectivity index (χ0) is 18.6.